The van der Waals surface area contributed by atoms with Gasteiger partial charge in [-0.3, -0.25) is 4.79 Å². The first kappa shape index (κ1) is 25.0. The van der Waals surface area contributed by atoms with Crippen LogP contribution >= 0.6 is 11.3 Å². The van der Waals surface area contributed by atoms with Crippen molar-refractivity contribution in [3.05, 3.63) is 77.6 Å². The lowest BCUT2D eigenvalue weighted by Gasteiger charge is -2.35. The second-order valence-corrected chi connectivity index (χ2v) is 10.4. The first-order valence-corrected chi connectivity index (χ1v) is 14.0. The zero-order chi connectivity index (χ0) is 26.8. The first-order valence-electron chi connectivity index (χ1n) is 13.1. The van der Waals surface area contributed by atoms with E-state index >= 15 is 0 Å². The van der Waals surface area contributed by atoms with Crippen molar-refractivity contribution >= 4 is 61.2 Å². The van der Waals surface area contributed by atoms with Crippen LogP contribution < -0.4 is 21.3 Å². The van der Waals surface area contributed by atoms with E-state index in [0.29, 0.717) is 23.7 Å². The molecule has 0 radical (unpaired) electrons. The Labute approximate surface area is 230 Å². The van der Waals surface area contributed by atoms with Gasteiger partial charge in [0.15, 0.2) is 0 Å². The molecule has 3 aromatic heterocycles. The van der Waals surface area contributed by atoms with Crippen molar-refractivity contribution in [1.29, 1.82) is 0 Å². The summed E-state index contributed by atoms with van der Waals surface area (Å²) in [6.45, 7) is 8.13. The molecule has 1 amide bonds. The van der Waals surface area contributed by atoms with Crippen LogP contribution in [-0.2, 0) is 6.54 Å². The zero-order valence-electron chi connectivity index (χ0n) is 21.7. The fourth-order valence-electron chi connectivity index (χ4n) is 4.93. The Balaban J connectivity index is 1.18. The van der Waals surface area contributed by atoms with E-state index in [0.717, 1.165) is 59.6 Å². The highest BCUT2D eigenvalue weighted by Gasteiger charge is 2.17. The minimum atomic E-state index is -0.452. The lowest BCUT2D eigenvalue weighted by atomic mass is 10.1. The number of hydrogen-bond acceptors (Lipinski definition) is 9. The average Bonchev–Trinajstić information content (AvgIpc) is 3.46. The zero-order valence-corrected chi connectivity index (χ0v) is 22.5. The van der Waals surface area contributed by atoms with Gasteiger partial charge in [0.05, 0.1) is 22.5 Å². The van der Waals surface area contributed by atoms with Gasteiger partial charge in [0.25, 0.3) is 5.91 Å². The number of nitrogens with two attached hydrogens (primary N) is 1. The number of thiophene rings is 1. The van der Waals surface area contributed by atoms with E-state index < -0.39 is 5.91 Å². The SMILES string of the molecule is CCN1CCN(c2ccc(NCc3nc(NC(=O)c4nc(N)c5sccc5n4)cc4ccccc34)cc2)CC1. The molecule has 0 saturated carbocycles. The van der Waals surface area contributed by atoms with Gasteiger partial charge in [-0.05, 0) is 53.7 Å². The molecule has 39 heavy (non-hydrogen) atoms. The van der Waals surface area contributed by atoms with Crippen LogP contribution in [0.4, 0.5) is 23.0 Å². The van der Waals surface area contributed by atoms with Crippen molar-refractivity contribution in [2.75, 3.05) is 54.0 Å². The number of rotatable bonds is 7. The molecule has 198 valence electrons. The quantitative estimate of drug-likeness (QED) is 0.270. The Kier molecular flexibility index (Phi) is 6.95. The van der Waals surface area contributed by atoms with E-state index in [1.54, 1.807) is 0 Å². The van der Waals surface area contributed by atoms with Gasteiger partial charge in [-0.15, -0.1) is 11.3 Å². The van der Waals surface area contributed by atoms with Crippen molar-refractivity contribution in [3.63, 3.8) is 0 Å². The van der Waals surface area contributed by atoms with Gasteiger partial charge in [0, 0.05) is 42.9 Å². The number of nitrogen functional groups attached to an aromatic ring is 1. The lowest BCUT2D eigenvalue weighted by Crippen LogP contribution is -2.46. The van der Waals surface area contributed by atoms with E-state index in [9.17, 15) is 4.79 Å². The fraction of sp³-hybridized carbons (Fsp3) is 0.241. The molecule has 4 N–H and O–H groups in total. The summed E-state index contributed by atoms with van der Waals surface area (Å²) in [5, 5.41) is 10.2. The molecular formula is C29H30N8OS. The number of pyridine rings is 1. The number of nitrogens with zero attached hydrogens (tertiary/aromatic N) is 5. The molecule has 0 bridgehead atoms. The summed E-state index contributed by atoms with van der Waals surface area (Å²) in [5.41, 5.74) is 9.78. The molecule has 2 aromatic carbocycles. The van der Waals surface area contributed by atoms with Gasteiger partial charge in [-0.2, -0.15) is 0 Å². The van der Waals surface area contributed by atoms with Crippen LogP contribution in [0.5, 0.6) is 0 Å². The number of benzene rings is 2. The highest BCUT2D eigenvalue weighted by atomic mass is 32.1. The maximum Gasteiger partial charge on any atom is 0.294 e. The summed E-state index contributed by atoms with van der Waals surface area (Å²) in [6, 6.07) is 20.2. The predicted molar refractivity (Wildman–Crippen MR) is 160 cm³/mol. The van der Waals surface area contributed by atoms with Crippen molar-refractivity contribution < 1.29 is 4.79 Å². The van der Waals surface area contributed by atoms with E-state index in [4.69, 9.17) is 10.7 Å². The summed E-state index contributed by atoms with van der Waals surface area (Å²) in [7, 11) is 0. The Morgan fingerprint density at radius 3 is 2.59 bits per heavy atom. The van der Waals surface area contributed by atoms with E-state index in [1.165, 1.54) is 17.0 Å². The van der Waals surface area contributed by atoms with Gasteiger partial charge in [0.2, 0.25) is 5.82 Å². The third-order valence-electron chi connectivity index (χ3n) is 7.11. The highest BCUT2D eigenvalue weighted by molar-refractivity contribution is 7.17. The maximum atomic E-state index is 13.0. The summed E-state index contributed by atoms with van der Waals surface area (Å²) in [6.07, 6.45) is 0. The lowest BCUT2D eigenvalue weighted by molar-refractivity contribution is 0.101. The van der Waals surface area contributed by atoms with Crippen LogP contribution in [-0.4, -0.2) is 58.5 Å². The molecule has 1 fully saturated rings. The number of anilines is 4. The van der Waals surface area contributed by atoms with Crippen LogP contribution in [0.15, 0.2) is 66.0 Å². The van der Waals surface area contributed by atoms with Crippen molar-refractivity contribution in [2.45, 2.75) is 13.5 Å². The molecule has 0 atom stereocenters. The Morgan fingerprint density at radius 1 is 1.00 bits per heavy atom. The summed E-state index contributed by atoms with van der Waals surface area (Å²) in [5.74, 6) is 0.298. The number of nitrogens with one attached hydrogen (secondary N) is 2. The third-order valence-corrected chi connectivity index (χ3v) is 8.03. The van der Waals surface area contributed by atoms with Crippen LogP contribution in [0, 0.1) is 0 Å². The number of piperazine rings is 1. The molecule has 5 aromatic rings. The molecule has 0 unspecified atom stereocenters. The summed E-state index contributed by atoms with van der Waals surface area (Å²) in [4.78, 5) is 31.2. The number of amides is 1. The number of likely N-dealkylation sites (N-methyl/N-ethyl adjacent to an activating group) is 1. The fourth-order valence-corrected chi connectivity index (χ4v) is 5.66. The topological polar surface area (TPSA) is 112 Å². The van der Waals surface area contributed by atoms with Crippen LogP contribution in [0.2, 0.25) is 0 Å². The van der Waals surface area contributed by atoms with E-state index in [-0.39, 0.29) is 5.82 Å². The molecule has 10 heteroatoms. The van der Waals surface area contributed by atoms with Crippen LogP contribution in [0.1, 0.15) is 23.2 Å². The molecule has 0 aliphatic carbocycles. The molecule has 4 heterocycles. The molecule has 9 nitrogen and oxygen atoms in total. The van der Waals surface area contributed by atoms with Crippen LogP contribution in [0.3, 0.4) is 0 Å². The number of fused-ring (bicyclic) bond motifs is 2. The minimum absolute atomic E-state index is 0.0178. The summed E-state index contributed by atoms with van der Waals surface area (Å²) < 4.78 is 0.774. The van der Waals surface area contributed by atoms with Gasteiger partial charge in [-0.1, -0.05) is 31.2 Å². The molecule has 1 saturated heterocycles. The second kappa shape index (κ2) is 10.8. The first-order chi connectivity index (χ1) is 19.1. The average molecular weight is 539 g/mol. The number of carbonyl (C=O) groups excluding carboxylic acids is 1. The van der Waals surface area contributed by atoms with Gasteiger partial charge in [-0.25, -0.2) is 15.0 Å². The Morgan fingerprint density at radius 2 is 1.79 bits per heavy atom. The number of carbonyl (C=O) groups is 1. The van der Waals surface area contributed by atoms with E-state index in [1.807, 2.05) is 41.8 Å². The maximum absolute atomic E-state index is 13.0. The van der Waals surface area contributed by atoms with Gasteiger partial charge in [0.1, 0.15) is 11.6 Å². The number of hydrogen-bond donors (Lipinski definition) is 3. The largest absolute Gasteiger partial charge is 0.382 e. The molecule has 6 rings (SSSR count). The van der Waals surface area contributed by atoms with Gasteiger partial charge >= 0.3 is 0 Å². The molecule has 1 aliphatic heterocycles. The molecular weight excluding hydrogens is 508 g/mol. The monoisotopic (exact) mass is 538 g/mol. The molecule has 0 spiro atoms. The predicted octanol–water partition coefficient (Wildman–Crippen LogP) is 4.83. The van der Waals surface area contributed by atoms with Gasteiger partial charge < -0.3 is 26.2 Å². The standard InChI is InChI=1S/C29H30N8OS/c1-2-36-12-14-37(15-13-36)21-9-7-20(8-10-21)31-18-24-22-6-4-3-5-19(22)17-25(32-24)34-29(38)28-33-23-11-16-39-26(23)27(30)35-28/h3-11,16-17,31H,2,12-15,18H2,1H3,(H2,30,33,35)(H,32,34,38). The minimum Gasteiger partial charge on any atom is -0.382 e. The molecule has 1 aliphatic rings. The Bertz CT molecular complexity index is 1630. The van der Waals surface area contributed by atoms with Crippen molar-refractivity contribution in [1.82, 2.24) is 19.9 Å². The van der Waals surface area contributed by atoms with E-state index in [2.05, 4.69) is 61.6 Å². The smallest absolute Gasteiger partial charge is 0.294 e. The normalized spacial score (nSPS) is 14.1. The summed E-state index contributed by atoms with van der Waals surface area (Å²) >= 11 is 1.45. The van der Waals surface area contributed by atoms with Crippen LogP contribution in [0.25, 0.3) is 21.0 Å². The third kappa shape index (κ3) is 5.34. The van der Waals surface area contributed by atoms with Crippen molar-refractivity contribution in [2.24, 2.45) is 0 Å². The van der Waals surface area contributed by atoms with Crippen molar-refractivity contribution in [3.8, 4) is 0 Å². The number of aromatic nitrogens is 3. The highest BCUT2D eigenvalue weighted by Crippen LogP contribution is 2.26. The second-order valence-electron chi connectivity index (χ2n) is 9.52. The Hall–Kier alpha value is -4.28.